The highest BCUT2D eigenvalue weighted by Crippen LogP contribution is 2.13. The number of aliphatic hydroxyl groups excluding tert-OH is 1. The Balaban J connectivity index is 3.07. The van der Waals surface area contributed by atoms with Crippen molar-refractivity contribution in [3.8, 4) is 5.75 Å². The molecule has 1 aromatic carbocycles. The van der Waals surface area contributed by atoms with Gasteiger partial charge in [0, 0.05) is 13.0 Å². The van der Waals surface area contributed by atoms with Crippen molar-refractivity contribution < 1.29 is 34.5 Å². The Hall–Kier alpha value is -3.91. The van der Waals surface area contributed by atoms with Gasteiger partial charge in [-0.15, -0.1) is 0 Å². The maximum Gasteiger partial charge on any atom is 0.326 e. The van der Waals surface area contributed by atoms with Crippen LogP contribution in [0.5, 0.6) is 5.75 Å². The summed E-state index contributed by atoms with van der Waals surface area (Å²) in [6.07, 6.45) is -0.548. The average Bonchev–Trinajstić information content (AvgIpc) is 2.87. The van der Waals surface area contributed by atoms with Gasteiger partial charge in [-0.1, -0.05) is 32.4 Å². The molecule has 0 fully saturated rings. The molecule has 6 unspecified atom stereocenters. The second-order valence-electron chi connectivity index (χ2n) is 9.42. The van der Waals surface area contributed by atoms with Crippen LogP contribution in [-0.4, -0.2) is 81.8 Å². The number of nitrogens with zero attached hydrogens (tertiary/aromatic N) is 1. The molecule has 14 heteroatoms. The molecule has 1 aromatic rings. The molecule has 12 N–H and O–H groups in total. The van der Waals surface area contributed by atoms with Gasteiger partial charge in [0.05, 0.1) is 12.1 Å². The van der Waals surface area contributed by atoms with E-state index >= 15 is 0 Å². The predicted octanol–water partition coefficient (Wildman–Crippen LogP) is -1.72. The number of aliphatic imine (C=N–C) groups is 1. The number of nitrogens with two attached hydrogens (primary N) is 3. The average molecular weight is 552 g/mol. The van der Waals surface area contributed by atoms with Crippen molar-refractivity contribution in [2.45, 2.75) is 76.7 Å². The summed E-state index contributed by atoms with van der Waals surface area (Å²) in [6.45, 7) is 5.07. The van der Waals surface area contributed by atoms with Crippen molar-refractivity contribution in [1.82, 2.24) is 16.0 Å². The van der Waals surface area contributed by atoms with Gasteiger partial charge in [0.1, 0.15) is 23.9 Å². The third-order valence-electron chi connectivity index (χ3n) is 6.19. The normalized spacial score (nSPS) is 15.5. The van der Waals surface area contributed by atoms with E-state index in [4.69, 9.17) is 17.2 Å². The molecule has 0 aliphatic rings. The number of phenolic OH excluding ortho intramolecular Hbond substituents is 1. The Kier molecular flexibility index (Phi) is 13.7. The van der Waals surface area contributed by atoms with Gasteiger partial charge in [0.2, 0.25) is 17.7 Å². The molecule has 3 amide bonds. The number of nitrogens with one attached hydrogen (secondary N) is 3. The Morgan fingerprint density at radius 1 is 0.949 bits per heavy atom. The van der Waals surface area contributed by atoms with E-state index in [2.05, 4.69) is 20.9 Å². The van der Waals surface area contributed by atoms with E-state index in [0.29, 0.717) is 12.0 Å². The van der Waals surface area contributed by atoms with Crippen molar-refractivity contribution in [2.24, 2.45) is 28.1 Å². The second-order valence-corrected chi connectivity index (χ2v) is 9.42. The number of hydrogen-bond acceptors (Lipinski definition) is 8. The standard InChI is InChI=1S/C25H41N7O7/c1-4-13(2)19(26)22(36)31-18(12-15-7-9-16(34)10-8-15)21(35)32-20(14(3)33)23(37)30-17(24(38)39)6-5-11-29-25(27)28/h7-10,13-14,17-20,33-34H,4-6,11-12,26H2,1-3H3,(H,30,37)(H,31,36)(H,32,35)(H,38,39)(H4,27,28,29). The van der Waals surface area contributed by atoms with Gasteiger partial charge in [0.15, 0.2) is 5.96 Å². The van der Waals surface area contributed by atoms with Crippen LogP contribution in [0.15, 0.2) is 29.3 Å². The fraction of sp³-hybridized carbons (Fsp3) is 0.560. The number of phenols is 1. The molecular formula is C25H41N7O7. The number of aliphatic hydroxyl groups is 1. The van der Waals surface area contributed by atoms with E-state index in [9.17, 15) is 34.5 Å². The Labute approximate surface area is 227 Å². The van der Waals surface area contributed by atoms with Crippen LogP contribution in [0.1, 0.15) is 45.6 Å². The first-order chi connectivity index (χ1) is 18.3. The number of carbonyl (C=O) groups is 4. The Morgan fingerprint density at radius 3 is 2.05 bits per heavy atom. The highest BCUT2D eigenvalue weighted by molar-refractivity contribution is 5.94. The monoisotopic (exact) mass is 551 g/mol. The van der Waals surface area contributed by atoms with Crippen LogP contribution in [0, 0.1) is 5.92 Å². The molecular weight excluding hydrogens is 510 g/mol. The van der Waals surface area contributed by atoms with E-state index < -0.39 is 54.0 Å². The van der Waals surface area contributed by atoms with Crippen molar-refractivity contribution in [1.29, 1.82) is 0 Å². The molecule has 14 nitrogen and oxygen atoms in total. The summed E-state index contributed by atoms with van der Waals surface area (Å²) in [5.74, 6) is -3.93. The summed E-state index contributed by atoms with van der Waals surface area (Å²) >= 11 is 0. The first-order valence-corrected chi connectivity index (χ1v) is 12.7. The minimum atomic E-state index is -1.53. The Morgan fingerprint density at radius 2 is 1.54 bits per heavy atom. The molecule has 0 aliphatic heterocycles. The van der Waals surface area contributed by atoms with E-state index in [1.54, 1.807) is 19.1 Å². The molecule has 1 rings (SSSR count). The number of amides is 3. The lowest BCUT2D eigenvalue weighted by molar-refractivity contribution is -0.143. The first-order valence-electron chi connectivity index (χ1n) is 12.7. The van der Waals surface area contributed by atoms with Gasteiger partial charge < -0.3 is 48.5 Å². The summed E-state index contributed by atoms with van der Waals surface area (Å²) in [5, 5.41) is 36.6. The third kappa shape index (κ3) is 11.6. The van der Waals surface area contributed by atoms with Crippen LogP contribution in [0.2, 0.25) is 0 Å². The van der Waals surface area contributed by atoms with Gasteiger partial charge in [-0.3, -0.25) is 19.4 Å². The minimum absolute atomic E-state index is 0.00857. The topological polar surface area (TPSA) is 255 Å². The van der Waals surface area contributed by atoms with Crippen LogP contribution >= 0.6 is 0 Å². The van der Waals surface area contributed by atoms with E-state index in [1.165, 1.54) is 19.1 Å². The number of hydrogen-bond donors (Lipinski definition) is 9. The molecule has 0 spiro atoms. The van der Waals surface area contributed by atoms with Crippen LogP contribution in [0.25, 0.3) is 0 Å². The number of carboxylic acid groups (broad SMARTS) is 1. The van der Waals surface area contributed by atoms with Crippen molar-refractivity contribution in [3.05, 3.63) is 29.8 Å². The number of rotatable bonds is 16. The SMILES string of the molecule is CCC(C)C(N)C(=O)NC(Cc1ccc(O)cc1)C(=O)NC(C(=O)NC(CCCN=C(N)N)C(=O)O)C(C)O. The molecule has 0 radical (unpaired) electrons. The quantitative estimate of drug-likeness (QED) is 0.0638. The van der Waals surface area contributed by atoms with Gasteiger partial charge in [-0.05, 0) is 43.4 Å². The lowest BCUT2D eigenvalue weighted by Gasteiger charge is -2.27. The molecule has 0 heterocycles. The second kappa shape index (κ2) is 16.1. The number of guanidine groups is 1. The fourth-order valence-corrected chi connectivity index (χ4v) is 3.54. The minimum Gasteiger partial charge on any atom is -0.508 e. The summed E-state index contributed by atoms with van der Waals surface area (Å²) in [7, 11) is 0. The van der Waals surface area contributed by atoms with E-state index in [-0.39, 0.29) is 43.4 Å². The highest BCUT2D eigenvalue weighted by Gasteiger charge is 2.33. The molecule has 0 aliphatic carbocycles. The first kappa shape index (κ1) is 33.1. The fourth-order valence-electron chi connectivity index (χ4n) is 3.54. The lowest BCUT2D eigenvalue weighted by atomic mass is 9.98. The zero-order chi connectivity index (χ0) is 29.7. The van der Waals surface area contributed by atoms with Gasteiger partial charge in [0.25, 0.3) is 0 Å². The predicted molar refractivity (Wildman–Crippen MR) is 144 cm³/mol. The molecule has 0 bridgehead atoms. The summed E-state index contributed by atoms with van der Waals surface area (Å²) in [4.78, 5) is 54.3. The maximum absolute atomic E-state index is 13.3. The van der Waals surface area contributed by atoms with Crippen LogP contribution in [0.4, 0.5) is 0 Å². The van der Waals surface area contributed by atoms with Gasteiger partial charge in [-0.25, -0.2) is 4.79 Å². The van der Waals surface area contributed by atoms with Crippen molar-refractivity contribution in [2.75, 3.05) is 6.54 Å². The molecule has 39 heavy (non-hydrogen) atoms. The van der Waals surface area contributed by atoms with Gasteiger partial charge in [-0.2, -0.15) is 0 Å². The van der Waals surface area contributed by atoms with Crippen LogP contribution in [0.3, 0.4) is 0 Å². The Bertz CT molecular complexity index is 997. The number of benzene rings is 1. The summed E-state index contributed by atoms with van der Waals surface area (Å²) in [6, 6.07) is 1.02. The van der Waals surface area contributed by atoms with Crippen LogP contribution < -0.4 is 33.2 Å². The van der Waals surface area contributed by atoms with E-state index in [0.717, 1.165) is 0 Å². The van der Waals surface area contributed by atoms with Gasteiger partial charge >= 0.3 is 5.97 Å². The number of carboxylic acids is 1. The number of carbonyl (C=O) groups excluding carboxylic acids is 3. The molecule has 218 valence electrons. The smallest absolute Gasteiger partial charge is 0.326 e. The molecule has 0 aromatic heterocycles. The molecule has 6 atom stereocenters. The summed E-state index contributed by atoms with van der Waals surface area (Å²) in [5.41, 5.74) is 17.1. The van der Waals surface area contributed by atoms with Crippen molar-refractivity contribution in [3.63, 3.8) is 0 Å². The number of aliphatic carboxylic acids is 1. The third-order valence-corrected chi connectivity index (χ3v) is 6.19. The zero-order valence-corrected chi connectivity index (χ0v) is 22.5. The zero-order valence-electron chi connectivity index (χ0n) is 22.5. The summed E-state index contributed by atoms with van der Waals surface area (Å²) < 4.78 is 0. The largest absolute Gasteiger partial charge is 0.508 e. The lowest BCUT2D eigenvalue weighted by Crippen LogP contribution is -2.60. The van der Waals surface area contributed by atoms with Crippen LogP contribution in [-0.2, 0) is 25.6 Å². The molecule has 0 saturated carbocycles. The molecule has 0 saturated heterocycles. The number of aromatic hydroxyl groups is 1. The van der Waals surface area contributed by atoms with E-state index in [1.807, 2.05) is 6.92 Å². The maximum atomic E-state index is 13.3. The highest BCUT2D eigenvalue weighted by atomic mass is 16.4. The van der Waals surface area contributed by atoms with Crippen molar-refractivity contribution >= 4 is 29.7 Å².